The molecular formula is C15H20N4O2. The third-order valence-corrected chi connectivity index (χ3v) is 3.38. The molecular weight excluding hydrogens is 268 g/mol. The van der Waals surface area contributed by atoms with Crippen LogP contribution in [-0.2, 0) is 16.8 Å². The molecule has 0 aliphatic carbocycles. The molecule has 0 fully saturated rings. The maximum atomic E-state index is 11.0. The van der Waals surface area contributed by atoms with Crippen LogP contribution in [0.15, 0.2) is 24.3 Å². The summed E-state index contributed by atoms with van der Waals surface area (Å²) in [5, 5.41) is 20.8. The van der Waals surface area contributed by atoms with Crippen LogP contribution in [0.25, 0.3) is 11.4 Å². The van der Waals surface area contributed by atoms with E-state index in [1.807, 2.05) is 18.2 Å². The Morgan fingerprint density at radius 3 is 2.62 bits per heavy atom. The van der Waals surface area contributed by atoms with Crippen LogP contribution in [0.2, 0.25) is 0 Å². The van der Waals surface area contributed by atoms with Crippen LogP contribution >= 0.6 is 0 Å². The number of benzene rings is 1. The van der Waals surface area contributed by atoms with Crippen molar-refractivity contribution >= 4 is 5.97 Å². The van der Waals surface area contributed by atoms with Gasteiger partial charge in [0, 0.05) is 5.56 Å². The van der Waals surface area contributed by atoms with Gasteiger partial charge in [-0.25, -0.2) is 4.68 Å². The SMILES string of the molecule is CC(Cn1nnnc1-c1ccccc1C(C)(C)C)C(=O)O. The fourth-order valence-electron chi connectivity index (χ4n) is 2.19. The summed E-state index contributed by atoms with van der Waals surface area (Å²) in [5.41, 5.74) is 2.02. The van der Waals surface area contributed by atoms with Gasteiger partial charge in [-0.2, -0.15) is 0 Å². The highest BCUT2D eigenvalue weighted by Gasteiger charge is 2.23. The fourth-order valence-corrected chi connectivity index (χ4v) is 2.19. The second-order valence-electron chi connectivity index (χ2n) is 6.22. The zero-order valence-electron chi connectivity index (χ0n) is 12.7. The lowest BCUT2D eigenvalue weighted by Gasteiger charge is -2.22. The monoisotopic (exact) mass is 288 g/mol. The van der Waals surface area contributed by atoms with Gasteiger partial charge in [-0.15, -0.1) is 5.10 Å². The molecule has 2 rings (SSSR count). The number of hydrogen-bond acceptors (Lipinski definition) is 4. The first-order chi connectivity index (χ1) is 9.80. The topological polar surface area (TPSA) is 80.9 Å². The van der Waals surface area contributed by atoms with E-state index in [0.717, 1.165) is 11.1 Å². The Labute approximate surface area is 123 Å². The van der Waals surface area contributed by atoms with Crippen LogP contribution in [0.5, 0.6) is 0 Å². The summed E-state index contributed by atoms with van der Waals surface area (Å²) in [6, 6.07) is 7.94. The maximum absolute atomic E-state index is 11.0. The number of carbonyl (C=O) groups is 1. The van der Waals surface area contributed by atoms with Crippen LogP contribution in [0.1, 0.15) is 33.3 Å². The number of aromatic nitrogens is 4. The zero-order valence-corrected chi connectivity index (χ0v) is 12.7. The van der Waals surface area contributed by atoms with E-state index in [4.69, 9.17) is 5.11 Å². The van der Waals surface area contributed by atoms with Gasteiger partial charge in [-0.3, -0.25) is 4.79 Å². The minimum atomic E-state index is -0.861. The Balaban J connectivity index is 2.45. The number of aliphatic carboxylic acids is 1. The van der Waals surface area contributed by atoms with Crippen LogP contribution in [0.4, 0.5) is 0 Å². The molecule has 0 saturated heterocycles. The molecule has 6 nitrogen and oxygen atoms in total. The van der Waals surface area contributed by atoms with Gasteiger partial charge in [-0.05, 0) is 21.4 Å². The van der Waals surface area contributed by atoms with Gasteiger partial charge in [0.05, 0.1) is 12.5 Å². The van der Waals surface area contributed by atoms with Gasteiger partial charge in [0.2, 0.25) is 0 Å². The Hall–Kier alpha value is -2.24. The summed E-state index contributed by atoms with van der Waals surface area (Å²) in [6.45, 7) is 8.26. The molecule has 112 valence electrons. The van der Waals surface area contributed by atoms with Crippen LogP contribution in [0.3, 0.4) is 0 Å². The van der Waals surface area contributed by atoms with Gasteiger partial charge in [-0.1, -0.05) is 52.0 Å². The molecule has 0 radical (unpaired) electrons. The second-order valence-corrected chi connectivity index (χ2v) is 6.22. The summed E-state index contributed by atoms with van der Waals surface area (Å²) in [5.74, 6) is -0.803. The fraction of sp³-hybridized carbons (Fsp3) is 0.467. The van der Waals surface area contributed by atoms with E-state index < -0.39 is 11.9 Å². The summed E-state index contributed by atoms with van der Waals surface area (Å²) in [6.07, 6.45) is 0. The Kier molecular flexibility index (Phi) is 4.06. The molecule has 1 N–H and O–H groups in total. The molecule has 0 amide bonds. The van der Waals surface area contributed by atoms with Crippen molar-refractivity contribution in [1.29, 1.82) is 0 Å². The van der Waals surface area contributed by atoms with Gasteiger partial charge in [0.15, 0.2) is 5.82 Å². The van der Waals surface area contributed by atoms with Crippen molar-refractivity contribution in [2.24, 2.45) is 5.92 Å². The van der Waals surface area contributed by atoms with E-state index in [0.29, 0.717) is 5.82 Å². The van der Waals surface area contributed by atoms with E-state index in [1.165, 1.54) is 0 Å². The van der Waals surface area contributed by atoms with Crippen molar-refractivity contribution < 1.29 is 9.90 Å². The lowest BCUT2D eigenvalue weighted by molar-refractivity contribution is -0.141. The molecule has 1 aromatic heterocycles. The molecule has 0 aliphatic heterocycles. The molecule has 1 heterocycles. The highest BCUT2D eigenvalue weighted by Crippen LogP contribution is 2.31. The van der Waals surface area contributed by atoms with Crippen molar-refractivity contribution in [2.75, 3.05) is 0 Å². The van der Waals surface area contributed by atoms with Gasteiger partial charge < -0.3 is 5.11 Å². The first-order valence-electron chi connectivity index (χ1n) is 6.89. The van der Waals surface area contributed by atoms with Crippen molar-refractivity contribution in [3.63, 3.8) is 0 Å². The Morgan fingerprint density at radius 2 is 2.00 bits per heavy atom. The molecule has 0 aliphatic rings. The highest BCUT2D eigenvalue weighted by atomic mass is 16.4. The highest BCUT2D eigenvalue weighted by molar-refractivity contribution is 5.69. The first kappa shape index (κ1) is 15.2. The van der Waals surface area contributed by atoms with E-state index in [-0.39, 0.29) is 12.0 Å². The third kappa shape index (κ3) is 3.26. The second kappa shape index (κ2) is 5.63. The number of carboxylic acid groups (broad SMARTS) is 1. The molecule has 0 bridgehead atoms. The smallest absolute Gasteiger partial charge is 0.308 e. The lowest BCUT2D eigenvalue weighted by Crippen LogP contribution is -2.19. The van der Waals surface area contributed by atoms with Crippen LogP contribution in [0, 0.1) is 5.92 Å². The summed E-state index contributed by atoms with van der Waals surface area (Å²) in [4.78, 5) is 11.0. The maximum Gasteiger partial charge on any atom is 0.308 e. The van der Waals surface area contributed by atoms with E-state index in [1.54, 1.807) is 11.6 Å². The number of nitrogens with zero attached hydrogens (tertiary/aromatic N) is 4. The summed E-state index contributed by atoms with van der Waals surface area (Å²) < 4.78 is 1.56. The molecule has 6 heteroatoms. The number of rotatable bonds is 4. The Morgan fingerprint density at radius 1 is 1.33 bits per heavy atom. The lowest BCUT2D eigenvalue weighted by atomic mass is 9.83. The van der Waals surface area contributed by atoms with Crippen LogP contribution < -0.4 is 0 Å². The third-order valence-electron chi connectivity index (χ3n) is 3.38. The van der Waals surface area contributed by atoms with Crippen molar-refractivity contribution in [3.05, 3.63) is 29.8 Å². The van der Waals surface area contributed by atoms with E-state index >= 15 is 0 Å². The molecule has 1 aromatic carbocycles. The average Bonchev–Trinajstić information content (AvgIpc) is 2.85. The molecule has 21 heavy (non-hydrogen) atoms. The minimum Gasteiger partial charge on any atom is -0.481 e. The standard InChI is InChI=1S/C15H20N4O2/c1-10(14(20)21)9-19-13(16-17-18-19)11-7-5-6-8-12(11)15(2,3)4/h5-8,10H,9H2,1-4H3,(H,20,21). The van der Waals surface area contributed by atoms with Gasteiger partial charge in [0.1, 0.15) is 0 Å². The predicted octanol–water partition coefficient (Wildman–Crippen LogP) is 2.36. The average molecular weight is 288 g/mol. The number of tetrazole rings is 1. The van der Waals surface area contributed by atoms with E-state index in [9.17, 15) is 4.79 Å². The number of carboxylic acids is 1. The Bertz CT molecular complexity index is 643. The van der Waals surface area contributed by atoms with Crippen LogP contribution in [-0.4, -0.2) is 31.3 Å². The first-order valence-corrected chi connectivity index (χ1v) is 6.89. The van der Waals surface area contributed by atoms with Crippen molar-refractivity contribution in [2.45, 2.75) is 39.7 Å². The normalized spacial score (nSPS) is 13.1. The van der Waals surface area contributed by atoms with Crippen molar-refractivity contribution in [1.82, 2.24) is 20.2 Å². The summed E-state index contributed by atoms with van der Waals surface area (Å²) in [7, 11) is 0. The molecule has 0 spiro atoms. The van der Waals surface area contributed by atoms with Crippen molar-refractivity contribution in [3.8, 4) is 11.4 Å². The largest absolute Gasteiger partial charge is 0.481 e. The minimum absolute atomic E-state index is 0.0498. The molecule has 1 atom stereocenters. The molecule has 1 unspecified atom stereocenters. The van der Waals surface area contributed by atoms with E-state index in [2.05, 4.69) is 42.4 Å². The molecule has 2 aromatic rings. The number of hydrogen-bond donors (Lipinski definition) is 1. The quantitative estimate of drug-likeness (QED) is 0.934. The van der Waals surface area contributed by atoms with Gasteiger partial charge in [0.25, 0.3) is 0 Å². The zero-order chi connectivity index (χ0) is 15.6. The molecule has 0 saturated carbocycles. The predicted molar refractivity (Wildman–Crippen MR) is 78.8 cm³/mol. The summed E-state index contributed by atoms with van der Waals surface area (Å²) >= 11 is 0. The van der Waals surface area contributed by atoms with Gasteiger partial charge >= 0.3 is 5.97 Å².